The molecule has 0 N–H and O–H groups in total. The van der Waals surface area contributed by atoms with Crippen LogP contribution in [0.5, 0.6) is 0 Å². The van der Waals surface area contributed by atoms with E-state index in [1.54, 1.807) is 11.3 Å². The Kier molecular flexibility index (Phi) is 9.45. The van der Waals surface area contributed by atoms with Gasteiger partial charge in [-0.1, -0.05) is 53.4 Å². The minimum absolute atomic E-state index is 1.11. The molecular formula is C19H36N2. The average Bonchev–Trinajstić information content (AvgIpc) is 2.83. The lowest BCUT2D eigenvalue weighted by molar-refractivity contribution is 0.535. The molecule has 2 nitrogen and oxygen atoms in total. The second-order valence-electron chi connectivity index (χ2n) is 6.26. The van der Waals surface area contributed by atoms with Crippen LogP contribution in [0.1, 0.15) is 96.0 Å². The third-order valence-corrected chi connectivity index (χ3v) is 4.29. The van der Waals surface area contributed by atoms with E-state index in [4.69, 9.17) is 5.10 Å². The van der Waals surface area contributed by atoms with Crippen molar-refractivity contribution in [2.75, 3.05) is 0 Å². The highest BCUT2D eigenvalue weighted by atomic mass is 15.3. The van der Waals surface area contributed by atoms with E-state index in [0.717, 1.165) is 6.54 Å². The molecule has 2 heteroatoms. The van der Waals surface area contributed by atoms with Gasteiger partial charge in [-0.2, -0.15) is 5.10 Å². The molecule has 122 valence electrons. The van der Waals surface area contributed by atoms with Gasteiger partial charge in [-0.3, -0.25) is 4.68 Å². The van der Waals surface area contributed by atoms with Crippen LogP contribution in [0.2, 0.25) is 0 Å². The summed E-state index contributed by atoms with van der Waals surface area (Å²) < 4.78 is 2.36. The van der Waals surface area contributed by atoms with Crippen molar-refractivity contribution in [2.45, 2.75) is 105 Å². The lowest BCUT2D eigenvalue weighted by Gasteiger charge is -2.09. The molecule has 21 heavy (non-hydrogen) atoms. The van der Waals surface area contributed by atoms with Crippen molar-refractivity contribution in [1.82, 2.24) is 9.78 Å². The van der Waals surface area contributed by atoms with Gasteiger partial charge in [0.15, 0.2) is 0 Å². The normalized spacial score (nSPS) is 11.2. The first-order valence-electron chi connectivity index (χ1n) is 9.35. The average molecular weight is 293 g/mol. The van der Waals surface area contributed by atoms with Crippen LogP contribution in [-0.4, -0.2) is 9.78 Å². The SMILES string of the molecule is CCCCc1nn(CCCC)c(CCCC)c1CCCC. The van der Waals surface area contributed by atoms with Crippen LogP contribution >= 0.6 is 0 Å². The topological polar surface area (TPSA) is 17.8 Å². The Hall–Kier alpha value is -0.790. The summed E-state index contributed by atoms with van der Waals surface area (Å²) in [6.45, 7) is 10.2. The van der Waals surface area contributed by atoms with E-state index in [1.165, 1.54) is 76.3 Å². The van der Waals surface area contributed by atoms with E-state index in [2.05, 4.69) is 32.4 Å². The molecule has 1 heterocycles. The van der Waals surface area contributed by atoms with Crippen molar-refractivity contribution in [1.29, 1.82) is 0 Å². The molecule has 1 aromatic rings. The number of nitrogens with zero attached hydrogens (tertiary/aromatic N) is 2. The number of aryl methyl sites for hydroxylation is 2. The predicted octanol–water partition coefficient (Wildman–Crippen LogP) is 5.71. The Balaban J connectivity index is 2.99. The van der Waals surface area contributed by atoms with Crippen LogP contribution in [0, 0.1) is 0 Å². The number of unbranched alkanes of at least 4 members (excludes halogenated alkanes) is 4. The molecule has 0 fully saturated rings. The summed E-state index contributed by atoms with van der Waals surface area (Å²) in [6.07, 6.45) is 13.8. The number of aromatic nitrogens is 2. The molecule has 1 rings (SSSR count). The van der Waals surface area contributed by atoms with Crippen molar-refractivity contribution in [3.05, 3.63) is 17.0 Å². The molecular weight excluding hydrogens is 256 g/mol. The smallest absolute Gasteiger partial charge is 0.0659 e. The quantitative estimate of drug-likeness (QED) is 0.482. The minimum atomic E-state index is 1.11. The lowest BCUT2D eigenvalue weighted by Crippen LogP contribution is -2.06. The second-order valence-corrected chi connectivity index (χ2v) is 6.26. The molecule has 0 spiro atoms. The fraction of sp³-hybridized carbons (Fsp3) is 0.842. The highest BCUT2D eigenvalue weighted by Gasteiger charge is 2.16. The third kappa shape index (κ3) is 5.84. The van der Waals surface area contributed by atoms with Gasteiger partial charge < -0.3 is 0 Å². The van der Waals surface area contributed by atoms with E-state index < -0.39 is 0 Å². The zero-order chi connectivity index (χ0) is 15.5. The second kappa shape index (κ2) is 10.9. The van der Waals surface area contributed by atoms with Gasteiger partial charge in [-0.15, -0.1) is 0 Å². The molecule has 0 aromatic carbocycles. The highest BCUT2D eigenvalue weighted by Crippen LogP contribution is 2.22. The van der Waals surface area contributed by atoms with Gasteiger partial charge in [0, 0.05) is 12.2 Å². The largest absolute Gasteiger partial charge is 0.269 e. The van der Waals surface area contributed by atoms with E-state index >= 15 is 0 Å². The van der Waals surface area contributed by atoms with Crippen molar-refractivity contribution >= 4 is 0 Å². The molecule has 1 aromatic heterocycles. The van der Waals surface area contributed by atoms with Gasteiger partial charge in [0.05, 0.1) is 5.69 Å². The highest BCUT2D eigenvalue weighted by molar-refractivity contribution is 5.27. The minimum Gasteiger partial charge on any atom is -0.269 e. The van der Waals surface area contributed by atoms with Gasteiger partial charge in [0.2, 0.25) is 0 Å². The summed E-state index contributed by atoms with van der Waals surface area (Å²) in [5, 5.41) is 5.01. The maximum absolute atomic E-state index is 5.01. The maximum atomic E-state index is 5.01. The van der Waals surface area contributed by atoms with E-state index in [9.17, 15) is 0 Å². The summed E-state index contributed by atoms with van der Waals surface area (Å²) in [5.74, 6) is 0. The molecule has 0 aliphatic carbocycles. The molecule has 0 saturated carbocycles. The molecule has 0 aliphatic heterocycles. The molecule has 0 bridgehead atoms. The fourth-order valence-electron chi connectivity index (χ4n) is 2.89. The number of hydrogen-bond acceptors (Lipinski definition) is 1. The van der Waals surface area contributed by atoms with Crippen molar-refractivity contribution in [3.63, 3.8) is 0 Å². The zero-order valence-electron chi connectivity index (χ0n) is 14.9. The van der Waals surface area contributed by atoms with Gasteiger partial charge in [0.25, 0.3) is 0 Å². The summed E-state index contributed by atoms with van der Waals surface area (Å²) in [4.78, 5) is 0. The first-order valence-corrected chi connectivity index (χ1v) is 9.35. The van der Waals surface area contributed by atoms with E-state index in [0.29, 0.717) is 0 Å². The van der Waals surface area contributed by atoms with Crippen LogP contribution in [0.15, 0.2) is 0 Å². The monoisotopic (exact) mass is 292 g/mol. The van der Waals surface area contributed by atoms with Gasteiger partial charge >= 0.3 is 0 Å². The van der Waals surface area contributed by atoms with E-state index in [-0.39, 0.29) is 0 Å². The lowest BCUT2D eigenvalue weighted by atomic mass is 10.00. The van der Waals surface area contributed by atoms with Gasteiger partial charge in [0.1, 0.15) is 0 Å². The van der Waals surface area contributed by atoms with Crippen LogP contribution in [0.25, 0.3) is 0 Å². The Morgan fingerprint density at radius 3 is 1.90 bits per heavy atom. The molecule has 0 radical (unpaired) electrons. The summed E-state index contributed by atoms with van der Waals surface area (Å²) in [5.41, 5.74) is 4.58. The van der Waals surface area contributed by atoms with Crippen LogP contribution in [0.4, 0.5) is 0 Å². The molecule has 0 amide bonds. The van der Waals surface area contributed by atoms with Gasteiger partial charge in [-0.25, -0.2) is 0 Å². The fourth-order valence-corrected chi connectivity index (χ4v) is 2.89. The van der Waals surface area contributed by atoms with Crippen LogP contribution in [-0.2, 0) is 25.8 Å². The number of hydrogen-bond donors (Lipinski definition) is 0. The molecule has 0 unspecified atom stereocenters. The van der Waals surface area contributed by atoms with Crippen molar-refractivity contribution < 1.29 is 0 Å². The van der Waals surface area contributed by atoms with Crippen molar-refractivity contribution in [2.24, 2.45) is 0 Å². The Bertz CT molecular complexity index is 345. The maximum Gasteiger partial charge on any atom is 0.0659 e. The first kappa shape index (κ1) is 18.3. The zero-order valence-corrected chi connectivity index (χ0v) is 14.9. The Labute approximate surface area is 132 Å². The number of rotatable bonds is 12. The molecule has 0 saturated heterocycles. The standard InChI is InChI=1S/C19H36N2/c1-5-9-13-17-18(14-10-6-2)20-21(16-12-8-4)19(17)15-11-7-3/h5-16H2,1-4H3. The van der Waals surface area contributed by atoms with Crippen LogP contribution in [0.3, 0.4) is 0 Å². The van der Waals surface area contributed by atoms with Crippen molar-refractivity contribution in [3.8, 4) is 0 Å². The molecule has 0 atom stereocenters. The molecule has 0 aliphatic rings. The summed E-state index contributed by atoms with van der Waals surface area (Å²) in [6, 6.07) is 0. The van der Waals surface area contributed by atoms with Gasteiger partial charge in [-0.05, 0) is 50.5 Å². The van der Waals surface area contributed by atoms with Crippen LogP contribution < -0.4 is 0 Å². The summed E-state index contributed by atoms with van der Waals surface area (Å²) in [7, 11) is 0. The third-order valence-electron chi connectivity index (χ3n) is 4.29. The Morgan fingerprint density at radius 1 is 0.714 bits per heavy atom. The predicted molar refractivity (Wildman–Crippen MR) is 93.0 cm³/mol. The summed E-state index contributed by atoms with van der Waals surface area (Å²) >= 11 is 0. The first-order chi connectivity index (χ1) is 10.3. The van der Waals surface area contributed by atoms with E-state index in [1.807, 2.05) is 0 Å². The Morgan fingerprint density at radius 2 is 1.29 bits per heavy atom.